The van der Waals surface area contributed by atoms with E-state index in [-0.39, 0.29) is 16.5 Å². The number of oxime groups is 1. The van der Waals surface area contributed by atoms with Gasteiger partial charge in [0.05, 0.1) is 0 Å². The van der Waals surface area contributed by atoms with Crippen molar-refractivity contribution in [2.24, 2.45) is 5.16 Å². The van der Waals surface area contributed by atoms with Crippen LogP contribution < -0.4 is 5.73 Å². The van der Waals surface area contributed by atoms with Gasteiger partial charge in [-0.3, -0.25) is 0 Å². The van der Waals surface area contributed by atoms with E-state index in [1.54, 1.807) is 5.38 Å². The Bertz CT molecular complexity index is 1190. The Hall–Kier alpha value is -4.01. The van der Waals surface area contributed by atoms with E-state index in [0.717, 1.165) is 28.0 Å². The van der Waals surface area contributed by atoms with Crippen LogP contribution in [0.3, 0.4) is 0 Å². The van der Waals surface area contributed by atoms with Crippen molar-refractivity contribution in [3.05, 3.63) is 119 Å². The number of rotatable bonds is 10. The standard InChI is InChI=1S/C24H19N3O3S.C6H15N/c25-23-26-20(16-31-23)21(22(28)29)27-30-24(17-10-4-1-5-11-17,18-12-6-2-7-13-18)19-14-8-3-9-15-19;1-4-7(5-2)6-3/h1-16H,(H2,25,26)(H,28,29);4-6H2,1-3H3/b27-21-;. The van der Waals surface area contributed by atoms with Gasteiger partial charge in [0.25, 0.3) is 0 Å². The largest absolute Gasteiger partial charge is 0.476 e. The van der Waals surface area contributed by atoms with Crippen LogP contribution in [-0.2, 0) is 15.2 Å². The summed E-state index contributed by atoms with van der Waals surface area (Å²) in [6.07, 6.45) is 0. The molecule has 0 bridgehead atoms. The van der Waals surface area contributed by atoms with Crippen LogP contribution in [0.25, 0.3) is 0 Å². The molecule has 3 N–H and O–H groups in total. The lowest BCUT2D eigenvalue weighted by Crippen LogP contribution is -2.32. The molecule has 1 aromatic heterocycles. The summed E-state index contributed by atoms with van der Waals surface area (Å²) in [6.45, 7) is 10.1. The van der Waals surface area contributed by atoms with E-state index in [4.69, 9.17) is 10.6 Å². The van der Waals surface area contributed by atoms with Crippen molar-refractivity contribution in [2.45, 2.75) is 26.4 Å². The number of aliphatic carboxylic acids is 1. The van der Waals surface area contributed by atoms with Crippen LogP contribution in [0.1, 0.15) is 43.2 Å². The normalized spacial score (nSPS) is 11.5. The number of carbonyl (C=O) groups is 1. The Balaban J connectivity index is 0.000000505. The fourth-order valence-electron chi connectivity index (χ4n) is 4.05. The van der Waals surface area contributed by atoms with Gasteiger partial charge in [0.2, 0.25) is 11.3 Å². The van der Waals surface area contributed by atoms with E-state index in [2.05, 4.69) is 35.8 Å². The van der Waals surface area contributed by atoms with Crippen LogP contribution in [0.4, 0.5) is 5.13 Å². The molecular weight excluding hydrogens is 496 g/mol. The number of nitrogens with two attached hydrogens (primary N) is 1. The third-order valence-corrected chi connectivity index (χ3v) is 6.80. The maximum absolute atomic E-state index is 11.9. The smallest absolute Gasteiger partial charge is 0.360 e. The molecule has 8 heteroatoms. The van der Waals surface area contributed by atoms with E-state index >= 15 is 0 Å². The van der Waals surface area contributed by atoms with Gasteiger partial charge in [-0.15, -0.1) is 11.3 Å². The number of nitrogen functional groups attached to an aromatic ring is 1. The highest BCUT2D eigenvalue weighted by Crippen LogP contribution is 2.40. The van der Waals surface area contributed by atoms with Crippen LogP contribution in [0.2, 0.25) is 0 Å². The molecule has 0 aliphatic heterocycles. The Morgan fingerprint density at radius 3 is 1.58 bits per heavy atom. The molecule has 0 aliphatic carbocycles. The molecule has 3 aromatic carbocycles. The first-order valence-electron chi connectivity index (χ1n) is 12.6. The van der Waals surface area contributed by atoms with Gasteiger partial charge in [0.15, 0.2) is 5.13 Å². The number of benzene rings is 3. The molecule has 1 heterocycles. The topological polar surface area (TPSA) is 101 Å². The zero-order valence-electron chi connectivity index (χ0n) is 21.9. The summed E-state index contributed by atoms with van der Waals surface area (Å²) in [5.74, 6) is -1.26. The lowest BCUT2D eigenvalue weighted by atomic mass is 9.80. The van der Waals surface area contributed by atoms with Gasteiger partial charge in [-0.1, -0.05) is 117 Å². The molecule has 38 heavy (non-hydrogen) atoms. The van der Waals surface area contributed by atoms with E-state index in [0.29, 0.717) is 0 Å². The van der Waals surface area contributed by atoms with Crippen molar-refractivity contribution in [1.82, 2.24) is 9.88 Å². The summed E-state index contributed by atoms with van der Waals surface area (Å²) < 4.78 is 0. The molecule has 0 unspecified atom stereocenters. The average molecular weight is 531 g/mol. The molecule has 0 atom stereocenters. The number of anilines is 1. The van der Waals surface area contributed by atoms with Gasteiger partial charge >= 0.3 is 5.97 Å². The molecule has 4 aromatic rings. The Morgan fingerprint density at radius 1 is 0.868 bits per heavy atom. The SMILES string of the molecule is CCN(CC)CC.Nc1nc(/C(=N/OC(c2ccccc2)(c2ccccc2)c2ccccc2)C(=O)O)cs1. The molecule has 198 valence electrons. The van der Waals surface area contributed by atoms with E-state index in [9.17, 15) is 9.90 Å². The summed E-state index contributed by atoms with van der Waals surface area (Å²) in [4.78, 5) is 24.6. The van der Waals surface area contributed by atoms with E-state index < -0.39 is 11.6 Å². The van der Waals surface area contributed by atoms with Crippen LogP contribution in [-0.4, -0.2) is 46.3 Å². The summed E-state index contributed by atoms with van der Waals surface area (Å²) in [5.41, 5.74) is 6.76. The zero-order chi connectivity index (χ0) is 27.4. The Morgan fingerprint density at radius 2 is 1.29 bits per heavy atom. The number of nitrogens with zero attached hydrogens (tertiary/aromatic N) is 3. The molecule has 0 saturated carbocycles. The van der Waals surface area contributed by atoms with E-state index in [1.165, 1.54) is 19.6 Å². The minimum Gasteiger partial charge on any atom is -0.476 e. The van der Waals surface area contributed by atoms with Crippen LogP contribution >= 0.6 is 11.3 Å². The third-order valence-electron chi connectivity index (χ3n) is 6.12. The average Bonchev–Trinajstić information content (AvgIpc) is 3.39. The number of carboxylic acids is 1. The molecule has 0 saturated heterocycles. The molecule has 0 fully saturated rings. The first-order valence-corrected chi connectivity index (χ1v) is 13.4. The third kappa shape index (κ3) is 6.85. The van der Waals surface area contributed by atoms with Gasteiger partial charge in [-0.2, -0.15) is 0 Å². The van der Waals surface area contributed by atoms with Gasteiger partial charge in [0, 0.05) is 22.1 Å². The van der Waals surface area contributed by atoms with Crippen molar-refractivity contribution in [1.29, 1.82) is 0 Å². The fourth-order valence-corrected chi connectivity index (χ4v) is 4.60. The summed E-state index contributed by atoms with van der Waals surface area (Å²) in [5, 5.41) is 15.7. The minimum absolute atomic E-state index is 0.151. The van der Waals surface area contributed by atoms with E-state index in [1.807, 2.05) is 91.0 Å². The first kappa shape index (κ1) is 28.6. The van der Waals surface area contributed by atoms with Crippen molar-refractivity contribution in [3.63, 3.8) is 0 Å². The predicted octanol–water partition coefficient (Wildman–Crippen LogP) is 5.87. The lowest BCUT2D eigenvalue weighted by molar-refractivity contribution is -0.129. The van der Waals surface area contributed by atoms with Gasteiger partial charge in [0.1, 0.15) is 5.69 Å². The second-order valence-corrected chi connectivity index (χ2v) is 9.20. The van der Waals surface area contributed by atoms with Gasteiger partial charge < -0.3 is 20.6 Å². The monoisotopic (exact) mass is 530 g/mol. The second kappa shape index (κ2) is 14.1. The number of aromatic nitrogens is 1. The molecule has 7 nitrogen and oxygen atoms in total. The fraction of sp³-hybridized carbons (Fsp3) is 0.233. The highest BCUT2D eigenvalue weighted by molar-refractivity contribution is 7.13. The summed E-state index contributed by atoms with van der Waals surface area (Å²) in [7, 11) is 0. The highest BCUT2D eigenvalue weighted by atomic mass is 32.1. The number of thiazole rings is 1. The maximum Gasteiger partial charge on any atom is 0.360 e. The van der Waals surface area contributed by atoms with Gasteiger partial charge in [-0.25, -0.2) is 9.78 Å². The lowest BCUT2D eigenvalue weighted by Gasteiger charge is -2.33. The summed E-state index contributed by atoms with van der Waals surface area (Å²) in [6, 6.07) is 28.7. The molecule has 4 rings (SSSR count). The van der Waals surface area contributed by atoms with Crippen LogP contribution in [0.15, 0.2) is 102 Å². The second-order valence-electron chi connectivity index (χ2n) is 8.31. The maximum atomic E-state index is 11.9. The van der Waals surface area contributed by atoms with Crippen molar-refractivity contribution < 1.29 is 14.7 Å². The van der Waals surface area contributed by atoms with Gasteiger partial charge in [-0.05, 0) is 19.6 Å². The number of hydrogen-bond acceptors (Lipinski definition) is 7. The number of carboxylic acid groups (broad SMARTS) is 1. The Labute approximate surface area is 228 Å². The molecule has 0 amide bonds. The molecular formula is C30H34N4O3S. The predicted molar refractivity (Wildman–Crippen MR) is 154 cm³/mol. The Kier molecular flexibility index (Phi) is 10.6. The first-order chi connectivity index (χ1) is 18.5. The van der Waals surface area contributed by atoms with Crippen molar-refractivity contribution in [2.75, 3.05) is 25.4 Å². The zero-order valence-corrected chi connectivity index (χ0v) is 22.8. The van der Waals surface area contributed by atoms with Crippen LogP contribution in [0.5, 0.6) is 0 Å². The molecule has 0 radical (unpaired) electrons. The molecule has 0 spiro atoms. The van der Waals surface area contributed by atoms with Crippen molar-refractivity contribution in [3.8, 4) is 0 Å². The highest BCUT2D eigenvalue weighted by Gasteiger charge is 2.40. The quantitative estimate of drug-likeness (QED) is 0.151. The summed E-state index contributed by atoms with van der Waals surface area (Å²) >= 11 is 1.14. The van der Waals surface area contributed by atoms with Crippen molar-refractivity contribution >= 4 is 28.1 Å². The number of hydrogen-bond donors (Lipinski definition) is 2. The molecule has 0 aliphatic rings. The van der Waals surface area contributed by atoms with Crippen LogP contribution in [0, 0.1) is 0 Å². The minimum atomic E-state index is -1.26.